The minimum Gasteiger partial charge on any atom is -0.326 e. The highest BCUT2D eigenvalue weighted by Gasteiger charge is 2.58. The smallest absolute Gasteiger partial charge is 0.233 e. The van der Waals surface area contributed by atoms with Crippen molar-refractivity contribution in [3.8, 4) is 0 Å². The number of anilines is 1. The van der Waals surface area contributed by atoms with Gasteiger partial charge in [0.2, 0.25) is 17.7 Å². The van der Waals surface area contributed by atoms with Crippen molar-refractivity contribution < 1.29 is 14.4 Å². The van der Waals surface area contributed by atoms with Crippen LogP contribution in [0.2, 0.25) is 0 Å². The first-order valence-electron chi connectivity index (χ1n) is 8.44. The van der Waals surface area contributed by atoms with Crippen LogP contribution in [0.5, 0.6) is 0 Å². The van der Waals surface area contributed by atoms with Crippen LogP contribution in [0, 0.1) is 30.6 Å². The van der Waals surface area contributed by atoms with E-state index in [-0.39, 0.29) is 54.4 Å². The second kappa shape index (κ2) is 5.58. The highest BCUT2D eigenvalue weighted by atomic mass is 16.2. The van der Waals surface area contributed by atoms with Gasteiger partial charge in [-0.3, -0.25) is 19.3 Å². The summed E-state index contributed by atoms with van der Waals surface area (Å²) in [5.41, 5.74) is 1.80. The highest BCUT2D eigenvalue weighted by Crippen LogP contribution is 2.52. The molecule has 0 aromatic heterocycles. The molecule has 1 heterocycles. The van der Waals surface area contributed by atoms with E-state index < -0.39 is 0 Å². The molecule has 3 amide bonds. The lowest BCUT2D eigenvalue weighted by atomic mass is 9.85. The number of carbonyl (C=O) groups excluding carboxylic acids is 3. The number of likely N-dealkylation sites (tertiary alicyclic amines) is 1. The van der Waals surface area contributed by atoms with Crippen LogP contribution in [0.3, 0.4) is 0 Å². The molecule has 1 saturated heterocycles. The largest absolute Gasteiger partial charge is 0.326 e. The standard InChI is InChI=1S/C19H20N2O3/c1-11-3-2-4-14(9-11)20-15(22)7-8-21-18(23)16-12-5-6-13(10-12)17(16)19(21)24/h2-6,9,12-13,16-17H,7-8,10H2,1H3,(H,20,22)/t12-,13-,16-,17+/m0/s1. The van der Waals surface area contributed by atoms with Gasteiger partial charge in [0.15, 0.2) is 0 Å². The summed E-state index contributed by atoms with van der Waals surface area (Å²) >= 11 is 0. The molecule has 5 nitrogen and oxygen atoms in total. The first-order valence-corrected chi connectivity index (χ1v) is 8.44. The fraction of sp³-hybridized carbons (Fsp3) is 0.421. The Bertz CT molecular complexity index is 725. The van der Waals surface area contributed by atoms with E-state index in [9.17, 15) is 14.4 Å². The second-order valence-corrected chi connectivity index (χ2v) is 7.00. The summed E-state index contributed by atoms with van der Waals surface area (Å²) in [5, 5.41) is 2.82. The zero-order valence-corrected chi connectivity index (χ0v) is 13.6. The van der Waals surface area contributed by atoms with Crippen molar-refractivity contribution in [2.45, 2.75) is 19.8 Å². The summed E-state index contributed by atoms with van der Waals surface area (Å²) in [6.45, 7) is 2.13. The zero-order chi connectivity index (χ0) is 16.8. The van der Waals surface area contributed by atoms with Crippen LogP contribution in [0.15, 0.2) is 36.4 Å². The van der Waals surface area contributed by atoms with E-state index in [1.54, 1.807) is 0 Å². The molecule has 124 valence electrons. The van der Waals surface area contributed by atoms with Gasteiger partial charge in [-0.2, -0.15) is 0 Å². The van der Waals surface area contributed by atoms with Gasteiger partial charge < -0.3 is 5.32 Å². The Kier molecular flexibility index (Phi) is 3.52. The lowest BCUT2D eigenvalue weighted by Crippen LogP contribution is -2.35. The Balaban J connectivity index is 1.37. The average molecular weight is 324 g/mol. The van der Waals surface area contributed by atoms with Gasteiger partial charge in [0.25, 0.3) is 0 Å². The predicted octanol–water partition coefficient (Wildman–Crippen LogP) is 2.13. The molecule has 4 rings (SSSR count). The van der Waals surface area contributed by atoms with Gasteiger partial charge in [0.1, 0.15) is 0 Å². The maximum Gasteiger partial charge on any atom is 0.233 e. The maximum absolute atomic E-state index is 12.5. The number of allylic oxidation sites excluding steroid dienone is 2. The number of fused-ring (bicyclic) bond motifs is 5. The molecule has 1 N–H and O–H groups in total. The molecule has 2 fully saturated rings. The van der Waals surface area contributed by atoms with E-state index in [2.05, 4.69) is 17.5 Å². The highest BCUT2D eigenvalue weighted by molar-refractivity contribution is 6.06. The number of benzene rings is 1. The van der Waals surface area contributed by atoms with Crippen molar-refractivity contribution in [3.05, 3.63) is 42.0 Å². The van der Waals surface area contributed by atoms with Crippen LogP contribution in [-0.4, -0.2) is 29.2 Å². The van der Waals surface area contributed by atoms with Gasteiger partial charge in [-0.1, -0.05) is 24.3 Å². The molecule has 2 bridgehead atoms. The van der Waals surface area contributed by atoms with Gasteiger partial charge >= 0.3 is 0 Å². The van der Waals surface area contributed by atoms with Crippen LogP contribution in [-0.2, 0) is 14.4 Å². The average Bonchev–Trinajstić information content (AvgIpc) is 3.20. The third-order valence-corrected chi connectivity index (χ3v) is 5.43. The van der Waals surface area contributed by atoms with Crippen molar-refractivity contribution in [3.63, 3.8) is 0 Å². The normalized spacial score (nSPS) is 30.1. The number of nitrogens with zero attached hydrogens (tertiary/aromatic N) is 1. The topological polar surface area (TPSA) is 66.5 Å². The van der Waals surface area contributed by atoms with E-state index in [0.717, 1.165) is 17.7 Å². The number of imide groups is 1. The zero-order valence-electron chi connectivity index (χ0n) is 13.6. The number of carbonyl (C=O) groups is 3. The molecule has 2 aliphatic carbocycles. The van der Waals surface area contributed by atoms with Crippen molar-refractivity contribution in [2.75, 3.05) is 11.9 Å². The number of hydrogen-bond acceptors (Lipinski definition) is 3. The van der Waals surface area contributed by atoms with Gasteiger partial charge in [-0.25, -0.2) is 0 Å². The van der Waals surface area contributed by atoms with Gasteiger partial charge in [-0.15, -0.1) is 0 Å². The van der Waals surface area contributed by atoms with Crippen LogP contribution in [0.1, 0.15) is 18.4 Å². The lowest BCUT2D eigenvalue weighted by Gasteiger charge is -2.17. The molecule has 0 spiro atoms. The first kappa shape index (κ1) is 15.1. The van der Waals surface area contributed by atoms with Gasteiger partial charge in [-0.05, 0) is 42.9 Å². The van der Waals surface area contributed by atoms with Crippen molar-refractivity contribution >= 4 is 23.4 Å². The Morgan fingerprint density at radius 1 is 1.17 bits per heavy atom. The van der Waals surface area contributed by atoms with Crippen LogP contribution in [0.25, 0.3) is 0 Å². The third kappa shape index (κ3) is 2.35. The van der Waals surface area contributed by atoms with Crippen LogP contribution < -0.4 is 5.32 Å². The predicted molar refractivity (Wildman–Crippen MR) is 88.9 cm³/mol. The number of aryl methyl sites for hydroxylation is 1. The van der Waals surface area contributed by atoms with Gasteiger partial charge in [0.05, 0.1) is 11.8 Å². The number of nitrogens with one attached hydrogen (secondary N) is 1. The third-order valence-electron chi connectivity index (χ3n) is 5.43. The summed E-state index contributed by atoms with van der Waals surface area (Å²) < 4.78 is 0. The van der Waals surface area contributed by atoms with E-state index in [1.807, 2.05) is 31.2 Å². The Hall–Kier alpha value is -2.43. The van der Waals surface area contributed by atoms with Crippen molar-refractivity contribution in [2.24, 2.45) is 23.7 Å². The van der Waals surface area contributed by atoms with E-state index >= 15 is 0 Å². The molecule has 1 aromatic rings. The molecule has 0 unspecified atom stereocenters. The lowest BCUT2D eigenvalue weighted by molar-refractivity contribution is -0.140. The number of amides is 3. The fourth-order valence-corrected chi connectivity index (χ4v) is 4.34. The summed E-state index contributed by atoms with van der Waals surface area (Å²) in [4.78, 5) is 38.5. The molecule has 24 heavy (non-hydrogen) atoms. The minimum absolute atomic E-state index is 0.0924. The fourth-order valence-electron chi connectivity index (χ4n) is 4.34. The molecular weight excluding hydrogens is 304 g/mol. The SMILES string of the molecule is Cc1cccc(NC(=O)CCN2C(=O)[C@@H]3[C@H](C2=O)[C@H]2C=C[C@H]3C2)c1. The molecule has 4 atom stereocenters. The summed E-state index contributed by atoms with van der Waals surface area (Å²) in [6.07, 6.45) is 5.21. The Labute approximate surface area is 140 Å². The summed E-state index contributed by atoms with van der Waals surface area (Å²) in [7, 11) is 0. The molecule has 5 heteroatoms. The van der Waals surface area contributed by atoms with Crippen molar-refractivity contribution in [1.29, 1.82) is 0 Å². The summed E-state index contributed by atoms with van der Waals surface area (Å²) in [5.74, 6) is -0.320. The van der Waals surface area contributed by atoms with Gasteiger partial charge in [0, 0.05) is 18.7 Å². The number of hydrogen-bond donors (Lipinski definition) is 1. The monoisotopic (exact) mass is 324 g/mol. The van der Waals surface area contributed by atoms with E-state index in [1.165, 1.54) is 4.90 Å². The number of rotatable bonds is 4. The Morgan fingerprint density at radius 3 is 2.46 bits per heavy atom. The minimum atomic E-state index is -0.188. The van der Waals surface area contributed by atoms with Crippen LogP contribution >= 0.6 is 0 Å². The van der Waals surface area contributed by atoms with E-state index in [4.69, 9.17) is 0 Å². The molecule has 1 aliphatic heterocycles. The molecule has 1 saturated carbocycles. The van der Waals surface area contributed by atoms with Crippen LogP contribution in [0.4, 0.5) is 5.69 Å². The second-order valence-electron chi connectivity index (χ2n) is 7.00. The maximum atomic E-state index is 12.5. The molecular formula is C19H20N2O3. The first-order chi connectivity index (χ1) is 11.5. The molecule has 0 radical (unpaired) electrons. The van der Waals surface area contributed by atoms with Crippen molar-refractivity contribution in [1.82, 2.24) is 4.90 Å². The van der Waals surface area contributed by atoms with E-state index in [0.29, 0.717) is 0 Å². The Morgan fingerprint density at radius 2 is 1.83 bits per heavy atom. The molecule has 1 aromatic carbocycles. The quantitative estimate of drug-likeness (QED) is 0.681. The molecule has 3 aliphatic rings. The summed E-state index contributed by atoms with van der Waals surface area (Å²) in [6, 6.07) is 7.55.